The summed E-state index contributed by atoms with van der Waals surface area (Å²) < 4.78 is 42.7. The fraction of sp³-hybridized carbons (Fsp3) is 0.444. The molecule has 47 nitrogen and oxygen atoms in total. The largest absolute Gasteiger partial charge is 0.508 e. The summed E-state index contributed by atoms with van der Waals surface area (Å²) in [4.78, 5) is 261. The van der Waals surface area contributed by atoms with Crippen molar-refractivity contribution >= 4 is 151 Å². The Kier molecular flexibility index (Phi) is 35.9. The van der Waals surface area contributed by atoms with Crippen molar-refractivity contribution in [3.8, 4) is 0 Å². The van der Waals surface area contributed by atoms with Crippen molar-refractivity contribution in [1.82, 2.24) is 62.5 Å². The summed E-state index contributed by atoms with van der Waals surface area (Å²) >= 11 is 0. The van der Waals surface area contributed by atoms with E-state index in [2.05, 4.69) is 62.5 Å². The van der Waals surface area contributed by atoms with Gasteiger partial charge in [0.15, 0.2) is 40.7 Å². The number of aromatic nitrogens is 4. The predicted octanol–water partition coefficient (Wildman–Crippen LogP) is 1.29. The molecule has 10 rings (SSSR count). The molecule has 4 aliphatic rings. The minimum absolute atomic E-state index is 0.0225. The molecule has 1 aliphatic heterocycles. The van der Waals surface area contributed by atoms with Gasteiger partial charge in [-0.2, -0.15) is 4.98 Å². The number of carbonyl (C=O) groups excluding carboxylic acids is 13. The fourth-order valence-electron chi connectivity index (χ4n) is 17.0. The van der Waals surface area contributed by atoms with E-state index < -0.39 is 283 Å². The third-order valence-electron chi connectivity index (χ3n) is 24.0. The number of ether oxygens (including phenoxy) is 7. The lowest BCUT2D eigenvalue weighted by Crippen LogP contribution is -2.82. The molecule has 3 heterocycles. The number of anilines is 2. The number of hydrogen-bond acceptors (Lipinski definition) is 35. The molecule has 49 heteroatoms. The molecule has 4 aromatic carbocycles. The van der Waals surface area contributed by atoms with E-state index in [-0.39, 0.29) is 82.2 Å². The van der Waals surface area contributed by atoms with Gasteiger partial charge in [0, 0.05) is 79.4 Å². The lowest BCUT2D eigenvalue weighted by atomic mass is 9.44. The Morgan fingerprint density at radius 3 is 1.79 bits per heavy atom. The number of nitrogens with one attached hydrogen (secondary N) is 11. The number of esters is 4. The van der Waals surface area contributed by atoms with Gasteiger partial charge in [0.05, 0.1) is 67.2 Å². The van der Waals surface area contributed by atoms with E-state index in [1.165, 1.54) is 94.6 Å². The lowest BCUT2D eigenvalue weighted by Gasteiger charge is -2.67. The van der Waals surface area contributed by atoms with Crippen LogP contribution in [0.2, 0.25) is 0 Å². The second-order valence-corrected chi connectivity index (χ2v) is 36.6. The van der Waals surface area contributed by atoms with Gasteiger partial charge in [0.2, 0.25) is 35.5 Å². The molecular weight excluding hydrogens is 1870 g/mol. The van der Waals surface area contributed by atoms with Crippen LogP contribution in [-0.2, 0) is 102 Å². The van der Waals surface area contributed by atoms with Gasteiger partial charge in [-0.25, -0.2) is 29.1 Å². The van der Waals surface area contributed by atoms with Crippen molar-refractivity contribution in [2.24, 2.45) is 22.5 Å². The molecule has 1 unspecified atom stereocenters. The Morgan fingerprint density at radius 2 is 1.22 bits per heavy atom. The number of aliphatic hydroxyl groups excluding tert-OH is 1. The molecule has 139 heavy (non-hydrogen) atoms. The van der Waals surface area contributed by atoms with Gasteiger partial charge in [0.1, 0.15) is 66.8 Å². The number of rotatable bonds is 45. The molecule has 0 spiro atoms. The monoisotopic (exact) mass is 1970 g/mol. The first-order valence-corrected chi connectivity index (χ1v) is 46.0. The molecule has 21 N–H and O–H groups in total. The maximum atomic E-state index is 16.6. The van der Waals surface area contributed by atoms with Crippen LogP contribution in [0.4, 0.5) is 16.4 Å². The summed E-state index contributed by atoms with van der Waals surface area (Å²) in [6, 6.07) is 16.9. The number of nitrogens with two attached hydrogens (primary N) is 2. The van der Waals surface area contributed by atoms with Crippen molar-refractivity contribution in [2.45, 2.75) is 203 Å². The highest BCUT2D eigenvalue weighted by Gasteiger charge is 2.79. The first kappa shape index (κ1) is 106. The molecule has 17 atom stereocenters. The fourth-order valence-corrected chi connectivity index (χ4v) is 19.0. The predicted molar refractivity (Wildman–Crippen MR) is 488 cm³/mol. The number of carboxylic acids is 4. The number of H-pyrrole nitrogens is 1. The molecular formula is C90H106N16O31S2. The van der Waals surface area contributed by atoms with Gasteiger partial charge in [-0.15, -0.1) is 0 Å². The maximum Gasteiger partial charge on any atom is 0.508 e. The van der Waals surface area contributed by atoms with Crippen LogP contribution in [0.15, 0.2) is 137 Å². The number of ketones is 1. The maximum absolute atomic E-state index is 16.6. The number of nitrogens with zero attached hydrogens (tertiary/aromatic N) is 3. The minimum Gasteiger partial charge on any atom is -0.481 e. The van der Waals surface area contributed by atoms with E-state index >= 15 is 4.79 Å². The van der Waals surface area contributed by atoms with Crippen molar-refractivity contribution < 1.29 is 145 Å². The van der Waals surface area contributed by atoms with Crippen LogP contribution in [0.1, 0.15) is 155 Å². The molecule has 3 fully saturated rings. The number of nitrogen functional groups attached to an aromatic ring is 1. The van der Waals surface area contributed by atoms with Crippen LogP contribution in [0.5, 0.6) is 0 Å². The van der Waals surface area contributed by atoms with Gasteiger partial charge in [0.25, 0.3) is 17.4 Å². The zero-order valence-electron chi connectivity index (χ0n) is 75.9. The van der Waals surface area contributed by atoms with Gasteiger partial charge >= 0.3 is 53.9 Å². The minimum atomic E-state index is -2.69. The Labute approximate surface area is 799 Å². The molecule has 2 aromatic heterocycles. The second kappa shape index (κ2) is 46.9. The van der Waals surface area contributed by atoms with Crippen LogP contribution in [0.3, 0.4) is 0 Å². The van der Waals surface area contributed by atoms with E-state index in [9.17, 15) is 112 Å². The van der Waals surface area contributed by atoms with Gasteiger partial charge < -0.3 is 123 Å². The number of amides is 7. The highest BCUT2D eigenvalue weighted by Crippen LogP contribution is 2.65. The third-order valence-corrected chi connectivity index (χ3v) is 26.3. The van der Waals surface area contributed by atoms with Crippen LogP contribution < -0.4 is 64.9 Å². The topological polar surface area (TPSA) is 732 Å². The van der Waals surface area contributed by atoms with Gasteiger partial charge in [-0.05, 0) is 105 Å². The number of aromatic amines is 1. The molecule has 7 amide bonds. The van der Waals surface area contributed by atoms with Crippen molar-refractivity contribution in [1.29, 1.82) is 5.41 Å². The number of aliphatic carboxylic acids is 4. The van der Waals surface area contributed by atoms with Gasteiger partial charge in [-0.3, -0.25) is 77.5 Å². The van der Waals surface area contributed by atoms with Crippen molar-refractivity contribution in [3.63, 3.8) is 0 Å². The van der Waals surface area contributed by atoms with Gasteiger partial charge in [-0.1, -0.05) is 102 Å². The Morgan fingerprint density at radius 1 is 0.662 bits per heavy atom. The number of Topliss-reactive ketones (excluding diaryl/α,β-unsaturated/α-hetero) is 1. The number of aliphatic hydroxyl groups is 2. The Bertz CT molecular complexity index is 5750. The van der Waals surface area contributed by atoms with E-state index in [4.69, 9.17) is 50.0 Å². The number of fused-ring (bicyclic) bond motifs is 6. The van der Waals surface area contributed by atoms with Crippen LogP contribution in [-0.4, -0.2) is 273 Å². The lowest BCUT2D eigenvalue weighted by molar-refractivity contribution is -0.346. The molecule has 0 radical (unpaired) electrons. The molecule has 2 saturated carbocycles. The normalized spacial score (nSPS) is 21.6. The van der Waals surface area contributed by atoms with Crippen molar-refractivity contribution in [2.75, 3.05) is 42.3 Å². The van der Waals surface area contributed by atoms with Crippen molar-refractivity contribution in [3.05, 3.63) is 171 Å². The van der Waals surface area contributed by atoms with Crippen LogP contribution in [0, 0.1) is 22.2 Å². The van der Waals surface area contributed by atoms with Crippen LogP contribution >= 0.6 is 21.6 Å². The van der Waals surface area contributed by atoms with Crippen LogP contribution in [0.25, 0.3) is 11.2 Å². The molecule has 3 aliphatic carbocycles. The average molecular weight is 1970 g/mol. The number of guanidine groups is 1. The average Bonchev–Trinajstić information content (AvgIpc) is 0.664. The third kappa shape index (κ3) is 26.6. The van der Waals surface area contributed by atoms with E-state index in [0.717, 1.165) is 35.4 Å². The zero-order valence-corrected chi connectivity index (χ0v) is 77.6. The summed E-state index contributed by atoms with van der Waals surface area (Å²) in [5.41, 5.74) is 2.46. The number of hydrogen-bond donors (Lipinski definition) is 19. The highest BCUT2D eigenvalue weighted by atomic mass is 33.1. The first-order chi connectivity index (χ1) is 65.7. The molecule has 744 valence electrons. The number of benzene rings is 4. The van der Waals surface area contributed by atoms with E-state index in [1.807, 2.05) is 5.32 Å². The van der Waals surface area contributed by atoms with E-state index in [1.54, 1.807) is 61.5 Å². The summed E-state index contributed by atoms with van der Waals surface area (Å²) in [7, 11) is 1.57. The second-order valence-electron chi connectivity index (χ2n) is 34.0. The SMILES string of the molecule is CC(=O)O[C@H]1C(=O)[C@@]2(C)C([C@H](OC(=O)c3ccccc3)[C@]3(O)C[C@H](OC(=O)[C@H](O)[C@@H](NC(=O)c4ccccc4)c4ccccc4)C(C)=C1C3(C)C)[C@]1(OC(C)=O)CO[C@@H]1C[C@@H]2OC(=O)OCCSSC[C@H](NC(=O)[C@H](CC(=O)O)NC(=O)[C@H](CC(=O)O)NC(=O)[C@H](CCCNC(=N)N)NC(=O)[C@H](CC(=O)O)NC(=O)CC[C@@H](C)NC(=O)c1ccc(NCc2cnc3nc(N)[nH]c(=O)c3n2)cc1)C(=O)O. The zero-order chi connectivity index (χ0) is 102. The summed E-state index contributed by atoms with van der Waals surface area (Å²) in [6.45, 7) is 7.91. The first-order valence-electron chi connectivity index (χ1n) is 43.5. The standard InChI is InChI=1S/C90H106N16O31S2/c1-43(97-74(118)49-26-28-51(29-27-49)95-39-52-40-96-73-67(98-52)80(124)106-85(93)105-73)25-30-61(109)99-54(34-62(110)111)77(121)100-53(24-17-31-94-84(91)92)76(120)101-55(35-63(112)113)78(122)102-56(36-64(114)115)79(123)103-57(81(125)126)41-139-138-33-32-131-86(129)135-59-37-60-89(42-132-60,137-46(4)108)70-72(136-82(127)50-22-15-10-16-23-50)90(130)38-58(44(2)65(87(90,5)6)69(133-45(3)107)71(117)88(59,70)7)134-83(128)68(116)66(47-18-11-8-12-19-47)104-75(119)48-20-13-9-14-21-48/h8-16,18-23,26-29,40,43,53-60,66,68-70,72,95,116,130H,17,24-25,30-39,41-42H2,1-7H3,(H,97,118)(H,99,109)(H,100,121)(H,101,120)(H,102,122)(H,103,123)(H,104,119)(H,110,111)(H,112,113)(H,114,115)(H,125,126)(H4,91,92,94)(H3,93,96,105,106,124)/t43-,53+,54+,55+,56+,57+,58+,59+,60-,66+,68-,69-,70?,72+,88-,89+,90-/m1/s1. The number of carboxylic acid groups (broad SMARTS) is 4. The summed E-state index contributed by atoms with van der Waals surface area (Å²) in [6.07, 6.45) is -17.5. The summed E-state index contributed by atoms with van der Waals surface area (Å²) in [5.74, 6) is -23.7. The quantitative estimate of drug-likeness (QED) is 0.00487. The Hall–Kier alpha value is -14.7. The smallest absolute Gasteiger partial charge is 0.481 e. The molecule has 6 aromatic rings. The molecule has 1 saturated heterocycles. The highest BCUT2D eigenvalue weighted by molar-refractivity contribution is 8.76. The van der Waals surface area contributed by atoms with E-state index in [0.29, 0.717) is 11.4 Å². The number of carbonyl (C=O) groups is 17. The Balaban J connectivity index is 0.785. The summed E-state index contributed by atoms with van der Waals surface area (Å²) in [5, 5.41) is 95.8. The molecule has 2 bridgehead atoms.